The summed E-state index contributed by atoms with van der Waals surface area (Å²) in [6.07, 6.45) is 3.46. The van der Waals surface area contributed by atoms with Crippen LogP contribution < -0.4 is 5.32 Å². The normalized spacial score (nSPS) is 10.1. The Morgan fingerprint density at radius 1 is 1.29 bits per heavy atom. The fourth-order valence-corrected chi connectivity index (χ4v) is 1.27. The van der Waals surface area contributed by atoms with Crippen LogP contribution in [0.2, 0.25) is 5.02 Å². The molecule has 0 fully saturated rings. The number of halogens is 1. The van der Waals surface area contributed by atoms with Crippen LogP contribution >= 0.6 is 11.6 Å². The molecule has 0 radical (unpaired) electrons. The molecule has 0 aliphatic rings. The van der Waals surface area contributed by atoms with Gasteiger partial charge in [-0.25, -0.2) is 4.98 Å². The highest BCUT2D eigenvalue weighted by Gasteiger charge is 1.94. The molecular formula is C10H10ClN3. The Morgan fingerprint density at radius 3 is 2.71 bits per heavy atom. The van der Waals surface area contributed by atoms with Gasteiger partial charge in [0.15, 0.2) is 0 Å². The van der Waals surface area contributed by atoms with Crippen molar-refractivity contribution in [2.45, 2.75) is 6.54 Å². The van der Waals surface area contributed by atoms with Gasteiger partial charge in [-0.3, -0.25) is 0 Å². The van der Waals surface area contributed by atoms with Gasteiger partial charge in [-0.1, -0.05) is 11.6 Å². The van der Waals surface area contributed by atoms with Gasteiger partial charge in [-0.2, -0.15) is 0 Å². The Bertz CT molecular complexity index is 380. The predicted octanol–water partition coefficient (Wildman–Crippen LogP) is 2.68. The highest BCUT2D eigenvalue weighted by atomic mass is 35.5. The number of hydrogen-bond acceptors (Lipinski definition) is 2. The highest BCUT2D eigenvalue weighted by Crippen LogP contribution is 2.13. The predicted molar refractivity (Wildman–Crippen MR) is 57.4 cm³/mol. The molecule has 2 rings (SSSR count). The Balaban J connectivity index is 1.95. The van der Waals surface area contributed by atoms with Gasteiger partial charge in [-0.15, -0.1) is 0 Å². The number of benzene rings is 1. The van der Waals surface area contributed by atoms with E-state index < -0.39 is 0 Å². The summed E-state index contributed by atoms with van der Waals surface area (Å²) < 4.78 is 0. The van der Waals surface area contributed by atoms with Crippen LogP contribution in [-0.4, -0.2) is 9.97 Å². The highest BCUT2D eigenvalue weighted by molar-refractivity contribution is 6.30. The maximum absolute atomic E-state index is 5.77. The van der Waals surface area contributed by atoms with Crippen molar-refractivity contribution >= 4 is 17.3 Å². The molecule has 1 aromatic carbocycles. The maximum atomic E-state index is 5.77. The molecule has 2 aromatic rings. The topological polar surface area (TPSA) is 40.7 Å². The maximum Gasteiger partial charge on any atom is 0.0922 e. The molecule has 0 saturated carbocycles. The van der Waals surface area contributed by atoms with Crippen molar-refractivity contribution in [3.8, 4) is 0 Å². The number of nitrogens with zero attached hydrogens (tertiary/aromatic N) is 1. The minimum Gasteiger partial charge on any atom is -0.379 e. The van der Waals surface area contributed by atoms with E-state index in [1.807, 2.05) is 24.3 Å². The minimum absolute atomic E-state index is 0.738. The molecule has 4 heteroatoms. The Kier molecular flexibility index (Phi) is 2.70. The van der Waals surface area contributed by atoms with E-state index in [0.29, 0.717) is 0 Å². The lowest BCUT2D eigenvalue weighted by Crippen LogP contribution is -1.98. The van der Waals surface area contributed by atoms with Gasteiger partial charge >= 0.3 is 0 Å². The van der Waals surface area contributed by atoms with E-state index in [0.717, 1.165) is 22.9 Å². The largest absolute Gasteiger partial charge is 0.379 e. The van der Waals surface area contributed by atoms with E-state index in [1.165, 1.54) is 0 Å². The molecule has 0 amide bonds. The molecule has 0 unspecified atom stereocenters. The lowest BCUT2D eigenvalue weighted by Gasteiger charge is -2.03. The van der Waals surface area contributed by atoms with E-state index in [4.69, 9.17) is 11.6 Å². The van der Waals surface area contributed by atoms with Crippen molar-refractivity contribution < 1.29 is 0 Å². The number of nitrogens with one attached hydrogen (secondary N) is 2. The third kappa shape index (κ3) is 2.26. The zero-order valence-corrected chi connectivity index (χ0v) is 8.25. The van der Waals surface area contributed by atoms with Crippen LogP contribution in [0.1, 0.15) is 5.69 Å². The lowest BCUT2D eigenvalue weighted by molar-refractivity contribution is 1.07. The molecule has 0 spiro atoms. The fraction of sp³-hybridized carbons (Fsp3) is 0.100. The van der Waals surface area contributed by atoms with E-state index in [2.05, 4.69) is 15.3 Å². The Morgan fingerprint density at radius 2 is 2.07 bits per heavy atom. The molecule has 0 aliphatic carbocycles. The second kappa shape index (κ2) is 4.15. The van der Waals surface area contributed by atoms with Gasteiger partial charge in [-0.05, 0) is 24.3 Å². The first kappa shape index (κ1) is 9.09. The molecule has 0 aliphatic heterocycles. The number of hydrogen-bond donors (Lipinski definition) is 2. The SMILES string of the molecule is Clc1ccc(NCc2cnc[nH]2)cc1. The van der Waals surface area contributed by atoms with Crippen molar-refractivity contribution in [3.63, 3.8) is 0 Å². The Labute approximate surface area is 87.1 Å². The van der Waals surface area contributed by atoms with E-state index in [-0.39, 0.29) is 0 Å². The molecule has 72 valence electrons. The molecule has 3 nitrogen and oxygen atoms in total. The monoisotopic (exact) mass is 207 g/mol. The summed E-state index contributed by atoms with van der Waals surface area (Å²) in [7, 11) is 0. The third-order valence-corrected chi connectivity index (χ3v) is 2.13. The number of aromatic nitrogens is 2. The van der Waals surface area contributed by atoms with Gasteiger partial charge in [0.05, 0.1) is 18.6 Å². The average molecular weight is 208 g/mol. The standard InChI is InChI=1S/C10H10ClN3/c11-8-1-3-9(4-2-8)13-6-10-5-12-7-14-10/h1-5,7,13H,6H2,(H,12,14). The summed E-state index contributed by atoms with van der Waals surface area (Å²) in [5.41, 5.74) is 2.10. The van der Waals surface area contributed by atoms with Gasteiger partial charge in [0, 0.05) is 16.9 Å². The second-order valence-corrected chi connectivity index (χ2v) is 3.37. The van der Waals surface area contributed by atoms with E-state index >= 15 is 0 Å². The van der Waals surface area contributed by atoms with Crippen LogP contribution in [0.4, 0.5) is 5.69 Å². The number of imidazole rings is 1. The molecule has 1 heterocycles. The van der Waals surface area contributed by atoms with Crippen molar-refractivity contribution in [2.24, 2.45) is 0 Å². The van der Waals surface area contributed by atoms with Gasteiger partial charge in [0.1, 0.15) is 0 Å². The van der Waals surface area contributed by atoms with Crippen molar-refractivity contribution in [3.05, 3.63) is 47.5 Å². The lowest BCUT2D eigenvalue weighted by atomic mass is 10.3. The molecule has 2 N–H and O–H groups in total. The first-order chi connectivity index (χ1) is 6.84. The van der Waals surface area contributed by atoms with E-state index in [9.17, 15) is 0 Å². The Hall–Kier alpha value is -1.48. The zero-order valence-electron chi connectivity index (χ0n) is 7.50. The number of H-pyrrole nitrogens is 1. The summed E-state index contributed by atoms with van der Waals surface area (Å²) in [5, 5.41) is 3.99. The van der Waals surface area contributed by atoms with Crippen LogP contribution in [-0.2, 0) is 6.54 Å². The summed E-state index contributed by atoms with van der Waals surface area (Å²) in [6, 6.07) is 7.60. The van der Waals surface area contributed by atoms with Gasteiger partial charge in [0.2, 0.25) is 0 Å². The van der Waals surface area contributed by atoms with Crippen molar-refractivity contribution in [2.75, 3.05) is 5.32 Å². The van der Waals surface area contributed by atoms with E-state index in [1.54, 1.807) is 12.5 Å². The summed E-state index contributed by atoms with van der Waals surface area (Å²) in [5.74, 6) is 0. The van der Waals surface area contributed by atoms with Crippen LogP contribution in [0.3, 0.4) is 0 Å². The molecular weight excluding hydrogens is 198 g/mol. The minimum atomic E-state index is 0.738. The molecule has 0 bridgehead atoms. The van der Waals surface area contributed by atoms with Crippen LogP contribution in [0.15, 0.2) is 36.8 Å². The smallest absolute Gasteiger partial charge is 0.0922 e. The summed E-state index contributed by atoms with van der Waals surface area (Å²) in [4.78, 5) is 6.95. The molecule has 1 aromatic heterocycles. The first-order valence-corrected chi connectivity index (χ1v) is 4.69. The molecule has 14 heavy (non-hydrogen) atoms. The number of anilines is 1. The first-order valence-electron chi connectivity index (χ1n) is 4.31. The third-order valence-electron chi connectivity index (χ3n) is 1.88. The van der Waals surface area contributed by atoms with Crippen molar-refractivity contribution in [1.29, 1.82) is 0 Å². The van der Waals surface area contributed by atoms with Gasteiger partial charge in [0.25, 0.3) is 0 Å². The van der Waals surface area contributed by atoms with Crippen LogP contribution in [0, 0.1) is 0 Å². The average Bonchev–Trinajstić information content (AvgIpc) is 2.70. The summed E-state index contributed by atoms with van der Waals surface area (Å²) in [6.45, 7) is 0.738. The number of rotatable bonds is 3. The van der Waals surface area contributed by atoms with Gasteiger partial charge < -0.3 is 10.3 Å². The second-order valence-electron chi connectivity index (χ2n) is 2.94. The van der Waals surface area contributed by atoms with Crippen LogP contribution in [0.5, 0.6) is 0 Å². The summed E-state index contributed by atoms with van der Waals surface area (Å²) >= 11 is 5.77. The fourth-order valence-electron chi connectivity index (χ4n) is 1.15. The zero-order chi connectivity index (χ0) is 9.80. The molecule has 0 atom stereocenters. The number of aromatic amines is 1. The van der Waals surface area contributed by atoms with Crippen molar-refractivity contribution in [1.82, 2.24) is 9.97 Å². The quantitative estimate of drug-likeness (QED) is 0.813. The van der Waals surface area contributed by atoms with Crippen LogP contribution in [0.25, 0.3) is 0 Å². The molecule has 0 saturated heterocycles.